The number of para-hydroxylation sites is 3. The minimum absolute atomic E-state index is 0.0942. The highest BCUT2D eigenvalue weighted by molar-refractivity contribution is 7.50. The fourth-order valence-corrected chi connectivity index (χ4v) is 5.49. The second kappa shape index (κ2) is 9.58. The van der Waals surface area contributed by atoms with Crippen molar-refractivity contribution in [1.29, 1.82) is 0 Å². The van der Waals surface area contributed by atoms with Crippen molar-refractivity contribution in [1.82, 2.24) is 14.2 Å². The van der Waals surface area contributed by atoms with Gasteiger partial charge in [0.1, 0.15) is 11.6 Å². The van der Waals surface area contributed by atoms with Gasteiger partial charge >= 0.3 is 7.75 Å². The van der Waals surface area contributed by atoms with Crippen LogP contribution in [0.3, 0.4) is 0 Å². The number of hydrogen-bond acceptors (Lipinski definition) is 4. The van der Waals surface area contributed by atoms with E-state index in [1.807, 2.05) is 30.3 Å². The van der Waals surface area contributed by atoms with E-state index in [-0.39, 0.29) is 11.9 Å². The first kappa shape index (κ1) is 22.6. The van der Waals surface area contributed by atoms with Gasteiger partial charge in [-0.05, 0) is 54.8 Å². The lowest BCUT2D eigenvalue weighted by Crippen LogP contribution is -2.38. The maximum absolute atomic E-state index is 13.4. The first-order valence-corrected chi connectivity index (χ1v) is 12.8. The molecule has 1 unspecified atom stereocenters. The van der Waals surface area contributed by atoms with Crippen LogP contribution in [0.1, 0.15) is 18.4 Å². The number of benzene rings is 3. The highest BCUT2D eigenvalue weighted by atomic mass is 31.2. The van der Waals surface area contributed by atoms with Crippen LogP contribution < -0.4 is 9.84 Å². The lowest BCUT2D eigenvalue weighted by molar-refractivity contribution is 0.244. The normalized spacial score (nSPS) is 16.9. The van der Waals surface area contributed by atoms with Crippen LogP contribution in [0.2, 0.25) is 0 Å². The van der Waals surface area contributed by atoms with Crippen molar-refractivity contribution < 1.29 is 18.4 Å². The van der Waals surface area contributed by atoms with Gasteiger partial charge in [0.25, 0.3) is 0 Å². The molecule has 176 valence electrons. The van der Waals surface area contributed by atoms with Gasteiger partial charge in [0, 0.05) is 19.1 Å². The first-order valence-electron chi connectivity index (χ1n) is 11.3. The molecule has 1 saturated heterocycles. The Bertz CT molecular complexity index is 1310. The third kappa shape index (κ3) is 4.99. The first-order chi connectivity index (χ1) is 16.5. The van der Waals surface area contributed by atoms with Crippen LogP contribution in [-0.2, 0) is 11.1 Å². The second-order valence-corrected chi connectivity index (χ2v) is 10.1. The third-order valence-corrected chi connectivity index (χ3v) is 7.60. The molecule has 34 heavy (non-hydrogen) atoms. The van der Waals surface area contributed by atoms with E-state index in [0.717, 1.165) is 22.5 Å². The van der Waals surface area contributed by atoms with Crippen LogP contribution in [0.15, 0.2) is 78.9 Å². The van der Waals surface area contributed by atoms with Crippen molar-refractivity contribution in [3.63, 3.8) is 0 Å². The van der Waals surface area contributed by atoms with Crippen molar-refractivity contribution >= 4 is 24.7 Å². The summed E-state index contributed by atoms with van der Waals surface area (Å²) in [5.74, 6) is 0.849. The van der Waals surface area contributed by atoms with E-state index < -0.39 is 7.75 Å². The predicted molar refractivity (Wildman–Crippen MR) is 130 cm³/mol. The molecular formula is C25H26FN4O3P. The molecule has 3 aromatic carbocycles. The van der Waals surface area contributed by atoms with Gasteiger partial charge in [0.2, 0.25) is 5.95 Å². The molecule has 0 amide bonds. The van der Waals surface area contributed by atoms with Gasteiger partial charge in [-0.25, -0.2) is 13.9 Å². The van der Waals surface area contributed by atoms with Gasteiger partial charge in [0.15, 0.2) is 0 Å². The van der Waals surface area contributed by atoms with E-state index in [4.69, 9.17) is 9.51 Å². The topological polar surface area (TPSA) is 79.6 Å². The summed E-state index contributed by atoms with van der Waals surface area (Å²) >= 11 is 0. The summed E-state index contributed by atoms with van der Waals surface area (Å²) in [6.45, 7) is 1.41. The standard InChI is InChI=1S/C25H26FN4O3P/c26-20-12-10-19(11-13-20)18-30-24-9-5-4-8-23(24)28-25(30)27-21-14-16-29(17-15-21)34(31,32)33-22-6-2-1-3-7-22/h1-13,21H,14-18H2,(H,27,28)(H,31,32). The Morgan fingerprint density at radius 2 is 1.68 bits per heavy atom. The summed E-state index contributed by atoms with van der Waals surface area (Å²) in [7, 11) is -3.93. The maximum atomic E-state index is 13.4. The van der Waals surface area contributed by atoms with Crippen LogP contribution in [-0.4, -0.2) is 38.2 Å². The fraction of sp³-hybridized carbons (Fsp3) is 0.240. The Morgan fingerprint density at radius 1 is 1.00 bits per heavy atom. The summed E-state index contributed by atoms with van der Waals surface area (Å²) in [6, 6.07) is 23.2. The number of rotatable bonds is 7. The van der Waals surface area contributed by atoms with Gasteiger partial charge in [-0.15, -0.1) is 0 Å². The summed E-state index contributed by atoms with van der Waals surface area (Å²) in [5.41, 5.74) is 2.84. The van der Waals surface area contributed by atoms with Crippen LogP contribution >= 0.6 is 7.75 Å². The van der Waals surface area contributed by atoms with Crippen LogP contribution in [0.5, 0.6) is 5.75 Å². The summed E-state index contributed by atoms with van der Waals surface area (Å²) in [4.78, 5) is 15.3. The molecule has 1 aliphatic heterocycles. The minimum Gasteiger partial charge on any atom is -0.413 e. The molecule has 0 bridgehead atoms. The smallest absolute Gasteiger partial charge is 0.413 e. The average Bonchev–Trinajstić information content (AvgIpc) is 3.18. The van der Waals surface area contributed by atoms with Crippen molar-refractivity contribution in [2.24, 2.45) is 0 Å². The van der Waals surface area contributed by atoms with Gasteiger partial charge < -0.3 is 19.3 Å². The number of piperidine rings is 1. The van der Waals surface area contributed by atoms with E-state index in [9.17, 15) is 13.8 Å². The van der Waals surface area contributed by atoms with Gasteiger partial charge in [0.05, 0.1) is 17.6 Å². The quantitative estimate of drug-likeness (QED) is 0.351. The van der Waals surface area contributed by atoms with Gasteiger partial charge in [-0.1, -0.05) is 42.5 Å². The largest absolute Gasteiger partial charge is 0.458 e. The third-order valence-electron chi connectivity index (χ3n) is 6.04. The van der Waals surface area contributed by atoms with Crippen molar-refractivity contribution in [3.8, 4) is 5.75 Å². The lowest BCUT2D eigenvalue weighted by atomic mass is 10.1. The summed E-state index contributed by atoms with van der Waals surface area (Å²) in [6.07, 6.45) is 1.34. The molecule has 1 aliphatic rings. The van der Waals surface area contributed by atoms with Crippen molar-refractivity contribution in [2.75, 3.05) is 18.4 Å². The molecule has 0 spiro atoms. The van der Waals surface area contributed by atoms with Gasteiger partial charge in [-0.3, -0.25) is 0 Å². The highest BCUT2D eigenvalue weighted by Crippen LogP contribution is 2.48. The number of hydrogen-bond donors (Lipinski definition) is 2. The zero-order valence-corrected chi connectivity index (χ0v) is 19.4. The molecule has 5 rings (SSSR count). The SMILES string of the molecule is O=P(O)(Oc1ccccc1)N1CCC(Nc2nc3ccccc3n2Cc2ccc(F)cc2)CC1. The molecular weight excluding hydrogens is 454 g/mol. The van der Waals surface area contributed by atoms with Crippen LogP contribution in [0, 0.1) is 5.82 Å². The summed E-state index contributed by atoms with van der Waals surface area (Å²) < 4.78 is 35.2. The molecule has 7 nitrogen and oxygen atoms in total. The highest BCUT2D eigenvalue weighted by Gasteiger charge is 2.35. The van der Waals surface area contributed by atoms with Gasteiger partial charge in [-0.2, -0.15) is 4.67 Å². The number of nitrogens with zero attached hydrogens (tertiary/aromatic N) is 3. The van der Waals surface area contributed by atoms with E-state index in [0.29, 0.717) is 38.2 Å². The van der Waals surface area contributed by atoms with Crippen LogP contribution in [0.4, 0.5) is 10.3 Å². The maximum Gasteiger partial charge on any atom is 0.458 e. The lowest BCUT2D eigenvalue weighted by Gasteiger charge is -2.34. The zero-order valence-electron chi connectivity index (χ0n) is 18.5. The molecule has 1 aromatic heterocycles. The van der Waals surface area contributed by atoms with E-state index in [1.54, 1.807) is 36.4 Å². The molecule has 9 heteroatoms. The molecule has 2 N–H and O–H groups in total. The number of halogens is 1. The monoisotopic (exact) mass is 480 g/mol. The molecule has 0 saturated carbocycles. The molecule has 0 aliphatic carbocycles. The Kier molecular flexibility index (Phi) is 6.37. The molecule has 0 radical (unpaired) electrons. The minimum atomic E-state index is -3.93. The van der Waals surface area contributed by atoms with Crippen molar-refractivity contribution in [3.05, 3.63) is 90.2 Å². The number of aromatic nitrogens is 2. The summed E-state index contributed by atoms with van der Waals surface area (Å²) in [5, 5.41) is 3.53. The van der Waals surface area contributed by atoms with E-state index in [1.165, 1.54) is 16.8 Å². The average molecular weight is 480 g/mol. The van der Waals surface area contributed by atoms with Crippen LogP contribution in [0.25, 0.3) is 11.0 Å². The molecule has 2 heterocycles. The molecule has 4 aromatic rings. The van der Waals surface area contributed by atoms with E-state index >= 15 is 0 Å². The predicted octanol–water partition coefficient (Wildman–Crippen LogP) is 5.28. The molecule has 1 fully saturated rings. The Hall–Kier alpha value is -3.19. The van der Waals surface area contributed by atoms with E-state index in [2.05, 4.69) is 9.88 Å². The Balaban J connectivity index is 1.29. The zero-order chi connectivity index (χ0) is 23.5. The fourth-order valence-electron chi connectivity index (χ4n) is 4.24. The molecule has 1 atom stereocenters. The number of nitrogens with one attached hydrogen (secondary N) is 1. The number of fused-ring (bicyclic) bond motifs is 1. The number of anilines is 1. The second-order valence-electron chi connectivity index (χ2n) is 8.40. The van der Waals surface area contributed by atoms with Crippen molar-refractivity contribution in [2.45, 2.75) is 25.4 Å². The Labute approximate surface area is 197 Å². The Morgan fingerprint density at radius 3 is 2.41 bits per heavy atom. The number of imidazole rings is 1.